The molecule has 0 radical (unpaired) electrons. The van der Waals surface area contributed by atoms with Crippen molar-refractivity contribution < 1.29 is 15.2 Å². The normalized spacial score (nSPS) is 15.4. The van der Waals surface area contributed by atoms with E-state index in [-0.39, 0.29) is 11.6 Å². The van der Waals surface area contributed by atoms with Crippen LogP contribution in [0.5, 0.6) is 0 Å². The molecule has 19 heavy (non-hydrogen) atoms. The Bertz CT molecular complexity index is 491. The van der Waals surface area contributed by atoms with Crippen LogP contribution in [-0.4, -0.2) is 16.7 Å². The first kappa shape index (κ1) is 15.1. The third kappa shape index (κ3) is 3.51. The maximum Gasteiger partial charge on any atom is 0.252 e. The zero-order valence-corrected chi connectivity index (χ0v) is 11.1. The van der Waals surface area contributed by atoms with Crippen molar-refractivity contribution >= 4 is 11.6 Å². The molecule has 6 nitrogen and oxygen atoms in total. The smallest absolute Gasteiger partial charge is 0.252 e. The van der Waals surface area contributed by atoms with Crippen LogP contribution in [0.2, 0.25) is 0 Å². The number of hydrogen-bond donors (Lipinski definition) is 3. The Kier molecular flexibility index (Phi) is 4.62. The van der Waals surface area contributed by atoms with E-state index in [1.54, 1.807) is 6.92 Å². The summed E-state index contributed by atoms with van der Waals surface area (Å²) in [6, 6.07) is 7.65. The second kappa shape index (κ2) is 5.80. The van der Waals surface area contributed by atoms with Gasteiger partial charge in [-0.3, -0.25) is 4.79 Å². The number of nitrogens with zero attached hydrogens (tertiary/aromatic N) is 1. The molecule has 3 N–H and O–H groups in total. The highest BCUT2D eigenvalue weighted by molar-refractivity contribution is 5.95. The van der Waals surface area contributed by atoms with Crippen LogP contribution in [0.3, 0.4) is 0 Å². The van der Waals surface area contributed by atoms with Gasteiger partial charge in [-0.1, -0.05) is 13.8 Å². The molecule has 102 valence electrons. The first-order valence-electron chi connectivity index (χ1n) is 5.87. The van der Waals surface area contributed by atoms with E-state index in [2.05, 4.69) is 11.4 Å². The van der Waals surface area contributed by atoms with Gasteiger partial charge >= 0.3 is 0 Å². The molecule has 0 bridgehead atoms. The van der Waals surface area contributed by atoms with Crippen LogP contribution in [0.15, 0.2) is 24.3 Å². The molecule has 0 aromatic heterocycles. The molecule has 0 aliphatic rings. The van der Waals surface area contributed by atoms with Crippen LogP contribution >= 0.6 is 0 Å². The lowest BCUT2D eigenvalue weighted by molar-refractivity contribution is -0.991. The molecule has 1 aromatic rings. The second-order valence-electron chi connectivity index (χ2n) is 4.81. The fourth-order valence-corrected chi connectivity index (χ4v) is 1.37. The molecule has 2 atom stereocenters. The summed E-state index contributed by atoms with van der Waals surface area (Å²) < 4.78 is 0. The Balaban J connectivity index is 2.87. The van der Waals surface area contributed by atoms with E-state index < -0.39 is 16.7 Å². The molecule has 0 aliphatic carbocycles. The topological polar surface area (TPSA) is 101 Å². The third-order valence-corrected chi connectivity index (χ3v) is 3.15. The number of carbonyl (C=O) groups excluding carboxylic acids is 1. The summed E-state index contributed by atoms with van der Waals surface area (Å²) in [5.74, 6) is -0.436. The van der Waals surface area contributed by atoms with E-state index >= 15 is 0 Å². The predicted octanol–water partition coefficient (Wildman–Crippen LogP) is 0.758. The van der Waals surface area contributed by atoms with Crippen molar-refractivity contribution in [3.8, 4) is 6.07 Å². The molecule has 0 saturated heterocycles. The highest BCUT2D eigenvalue weighted by atomic mass is 16.8. The molecule has 1 aromatic carbocycles. The van der Waals surface area contributed by atoms with Crippen molar-refractivity contribution in [2.45, 2.75) is 26.3 Å². The van der Waals surface area contributed by atoms with E-state index in [1.165, 1.54) is 24.3 Å². The van der Waals surface area contributed by atoms with Gasteiger partial charge in [-0.05, 0) is 25.0 Å². The summed E-state index contributed by atoms with van der Waals surface area (Å²) in [5, 5.41) is 30.2. The largest absolute Gasteiger partial charge is 0.595 e. The van der Waals surface area contributed by atoms with Crippen LogP contribution in [0.1, 0.15) is 31.1 Å². The molecule has 1 unspecified atom stereocenters. The van der Waals surface area contributed by atoms with E-state index in [1.807, 2.05) is 13.8 Å². The molecular formula is C13H17N3O3. The van der Waals surface area contributed by atoms with Crippen LogP contribution in [0.25, 0.3) is 0 Å². The van der Waals surface area contributed by atoms with E-state index in [9.17, 15) is 10.0 Å². The van der Waals surface area contributed by atoms with Gasteiger partial charge in [0.25, 0.3) is 5.91 Å². The lowest BCUT2D eigenvalue weighted by Gasteiger charge is -2.27. The van der Waals surface area contributed by atoms with Gasteiger partial charge in [0.1, 0.15) is 5.54 Å². The van der Waals surface area contributed by atoms with E-state index in [4.69, 9.17) is 10.5 Å². The van der Waals surface area contributed by atoms with Crippen molar-refractivity contribution in [2.75, 3.05) is 0 Å². The first-order valence-corrected chi connectivity index (χ1v) is 5.87. The molecular weight excluding hydrogens is 246 g/mol. The fraction of sp³-hybridized carbons (Fsp3) is 0.385. The third-order valence-electron chi connectivity index (χ3n) is 3.15. The van der Waals surface area contributed by atoms with E-state index in [0.29, 0.717) is 5.56 Å². The van der Waals surface area contributed by atoms with Crippen LogP contribution in [-0.2, 0) is 0 Å². The second-order valence-corrected chi connectivity index (χ2v) is 4.81. The van der Waals surface area contributed by atoms with Crippen molar-refractivity contribution in [2.24, 2.45) is 5.92 Å². The molecule has 6 heteroatoms. The van der Waals surface area contributed by atoms with Crippen LogP contribution in [0.4, 0.5) is 5.69 Å². The van der Waals surface area contributed by atoms with Crippen molar-refractivity contribution in [1.82, 2.24) is 5.32 Å². The number of hydrogen-bond acceptors (Lipinski definition) is 4. The van der Waals surface area contributed by atoms with Crippen molar-refractivity contribution in [3.63, 3.8) is 0 Å². The number of amides is 1. The summed E-state index contributed by atoms with van der Waals surface area (Å²) in [6.07, 6.45) is 0. The van der Waals surface area contributed by atoms with E-state index in [0.717, 1.165) is 0 Å². The van der Waals surface area contributed by atoms with Gasteiger partial charge in [0, 0.05) is 17.7 Å². The summed E-state index contributed by atoms with van der Waals surface area (Å²) in [7, 11) is 0. The Morgan fingerprint density at radius 1 is 1.47 bits per heavy atom. The monoisotopic (exact) mass is 263 g/mol. The minimum absolute atomic E-state index is 0.0419. The quantitative estimate of drug-likeness (QED) is 0.698. The summed E-state index contributed by atoms with van der Waals surface area (Å²) in [6.45, 7) is 5.34. The van der Waals surface area contributed by atoms with Gasteiger partial charge in [0.2, 0.25) is 0 Å². The maximum atomic E-state index is 12.0. The van der Waals surface area contributed by atoms with Crippen LogP contribution < -0.4 is 10.5 Å². The molecule has 0 saturated carbocycles. The highest BCUT2D eigenvalue weighted by Gasteiger charge is 2.30. The van der Waals surface area contributed by atoms with Gasteiger partial charge in [-0.2, -0.15) is 10.5 Å². The number of nitriles is 1. The van der Waals surface area contributed by atoms with Crippen molar-refractivity contribution in [3.05, 3.63) is 35.0 Å². The SMILES string of the molecule is CC(C)[C@@](C)(C#N)NC(=O)c1ccc([NH+]([O-])O)cc1. The van der Waals surface area contributed by atoms with Gasteiger partial charge in [0.05, 0.1) is 6.07 Å². The molecule has 1 amide bonds. The summed E-state index contributed by atoms with van der Waals surface area (Å²) in [4.78, 5) is 12.0. The number of quaternary nitrogens is 1. The number of rotatable bonds is 4. The minimum atomic E-state index is -1.05. The van der Waals surface area contributed by atoms with Crippen LogP contribution in [0, 0.1) is 22.5 Å². The van der Waals surface area contributed by atoms with Gasteiger partial charge in [-0.25, -0.2) is 5.21 Å². The standard InChI is InChI=1S/C13H17N3O3/c1-9(2)13(3,8-14)15-12(17)10-4-6-11(7-5-10)16(18)19/h4-7,9,16,18H,1-3H3,(H,15,17)/t13-/m1/s1. The maximum absolute atomic E-state index is 12.0. The predicted molar refractivity (Wildman–Crippen MR) is 68.5 cm³/mol. The number of nitrogens with one attached hydrogen (secondary N) is 2. The fourth-order valence-electron chi connectivity index (χ4n) is 1.37. The number of benzene rings is 1. The zero-order chi connectivity index (χ0) is 14.6. The Morgan fingerprint density at radius 2 is 2.00 bits per heavy atom. The molecule has 0 spiro atoms. The van der Waals surface area contributed by atoms with Gasteiger partial charge in [0.15, 0.2) is 5.69 Å². The average Bonchev–Trinajstić information content (AvgIpc) is 2.38. The Labute approximate surface area is 111 Å². The van der Waals surface area contributed by atoms with Crippen molar-refractivity contribution in [1.29, 1.82) is 5.26 Å². The Morgan fingerprint density at radius 3 is 2.37 bits per heavy atom. The lowest BCUT2D eigenvalue weighted by Crippen LogP contribution is -2.99. The van der Waals surface area contributed by atoms with Gasteiger partial charge in [-0.15, -0.1) is 0 Å². The molecule has 0 fully saturated rings. The minimum Gasteiger partial charge on any atom is -0.595 e. The first-order chi connectivity index (χ1) is 8.80. The zero-order valence-electron chi connectivity index (χ0n) is 11.1. The lowest BCUT2D eigenvalue weighted by atomic mass is 9.90. The molecule has 1 rings (SSSR count). The summed E-state index contributed by atoms with van der Waals surface area (Å²) >= 11 is 0. The highest BCUT2D eigenvalue weighted by Crippen LogP contribution is 2.16. The number of carbonyl (C=O) groups is 1. The summed E-state index contributed by atoms with van der Waals surface area (Å²) in [5.41, 5.74) is -0.515. The molecule has 0 aliphatic heterocycles. The molecule has 0 heterocycles. The Hall–Kier alpha value is -1.94. The van der Waals surface area contributed by atoms with Gasteiger partial charge < -0.3 is 10.5 Å². The average molecular weight is 263 g/mol.